The van der Waals surface area contributed by atoms with Crippen LogP contribution in [0.5, 0.6) is 0 Å². The molecule has 0 aliphatic carbocycles. The van der Waals surface area contributed by atoms with E-state index in [9.17, 15) is 14.0 Å². The number of halogens is 1. The number of amides is 1. The van der Waals surface area contributed by atoms with Crippen molar-refractivity contribution in [2.75, 3.05) is 62.3 Å². The van der Waals surface area contributed by atoms with Crippen LogP contribution in [0.25, 0.3) is 0 Å². The van der Waals surface area contributed by atoms with Crippen LogP contribution in [0.3, 0.4) is 0 Å². The van der Waals surface area contributed by atoms with Crippen LogP contribution in [-0.2, 0) is 14.2 Å². The first kappa shape index (κ1) is 20.7. The first-order chi connectivity index (χ1) is 14.4. The Balaban J connectivity index is 1.34. The van der Waals surface area contributed by atoms with Gasteiger partial charge >= 0.3 is 12.2 Å². The Bertz CT molecular complexity index is 801. The predicted octanol–water partition coefficient (Wildman–Crippen LogP) is 1.44. The number of aliphatic hydroxyl groups is 1. The number of hydrogen-bond acceptors (Lipinski definition) is 8. The second-order valence-corrected chi connectivity index (χ2v) is 7.92. The van der Waals surface area contributed by atoms with Crippen LogP contribution in [0.15, 0.2) is 18.2 Å². The number of rotatable bonds is 5. The Morgan fingerprint density at radius 3 is 2.60 bits per heavy atom. The summed E-state index contributed by atoms with van der Waals surface area (Å²) in [4.78, 5) is 28.7. The van der Waals surface area contributed by atoms with Gasteiger partial charge in [-0.1, -0.05) is 6.92 Å². The number of nitrogens with zero attached hydrogens (tertiary/aromatic N) is 3. The summed E-state index contributed by atoms with van der Waals surface area (Å²) < 4.78 is 30.0. The van der Waals surface area contributed by atoms with Gasteiger partial charge in [0.15, 0.2) is 0 Å². The normalized spacial score (nSPS) is 27.6. The van der Waals surface area contributed by atoms with E-state index in [0.29, 0.717) is 37.6 Å². The average molecular weight is 423 g/mol. The predicted molar refractivity (Wildman–Crippen MR) is 105 cm³/mol. The van der Waals surface area contributed by atoms with Crippen molar-refractivity contribution in [3.05, 3.63) is 24.0 Å². The lowest BCUT2D eigenvalue weighted by Crippen LogP contribution is -2.51. The molecule has 1 aromatic rings. The molecule has 0 spiro atoms. The topological polar surface area (TPSA) is 91.8 Å². The molecule has 3 aliphatic heterocycles. The summed E-state index contributed by atoms with van der Waals surface area (Å²) in [6.45, 7) is 5.64. The van der Waals surface area contributed by atoms with E-state index >= 15 is 0 Å². The maximum absolute atomic E-state index is 14.8. The number of hydrogen-bond donors (Lipinski definition) is 1. The molecule has 1 N–H and O–H groups in total. The van der Waals surface area contributed by atoms with E-state index in [1.165, 1.54) is 11.0 Å². The highest BCUT2D eigenvalue weighted by molar-refractivity contribution is 5.90. The largest absolute Gasteiger partial charge is 0.508 e. The molecule has 1 amide bonds. The van der Waals surface area contributed by atoms with Crippen molar-refractivity contribution >= 4 is 23.6 Å². The number of ether oxygens (including phenoxy) is 3. The van der Waals surface area contributed by atoms with Gasteiger partial charge in [-0.05, 0) is 18.2 Å². The molecule has 4 rings (SSSR count). The molecule has 3 aliphatic rings. The standard InChI is InChI=1S/C20H26FN3O6/c1-13-12-28-20(27)30-18(13)10-22-4-6-23(7-5-22)17-3-2-14(8-16(17)21)24-9-15(11-25)29-19(24)26/h2-3,8,13,15,18,25H,4-7,9-12H2,1H3/t13?,15-,18?/m1/s1. The third kappa shape index (κ3) is 4.29. The number of anilines is 2. The molecule has 9 nitrogen and oxygen atoms in total. The first-order valence-electron chi connectivity index (χ1n) is 10.1. The number of carbonyl (C=O) groups excluding carboxylic acids is 2. The fourth-order valence-electron chi connectivity index (χ4n) is 3.97. The fourth-order valence-corrected chi connectivity index (χ4v) is 3.97. The summed E-state index contributed by atoms with van der Waals surface area (Å²) in [5.41, 5.74) is 0.890. The number of aliphatic hydroxyl groups excluding tert-OH is 1. The van der Waals surface area contributed by atoms with Gasteiger partial charge in [-0.3, -0.25) is 9.80 Å². The van der Waals surface area contributed by atoms with Gasteiger partial charge in [0.1, 0.15) is 24.6 Å². The van der Waals surface area contributed by atoms with Gasteiger partial charge in [0.2, 0.25) is 0 Å². The van der Waals surface area contributed by atoms with Crippen molar-refractivity contribution < 1.29 is 33.3 Å². The molecular weight excluding hydrogens is 397 g/mol. The van der Waals surface area contributed by atoms with Crippen LogP contribution in [0.1, 0.15) is 6.92 Å². The lowest BCUT2D eigenvalue weighted by Gasteiger charge is -2.39. The molecular formula is C20H26FN3O6. The van der Waals surface area contributed by atoms with Crippen LogP contribution in [0.2, 0.25) is 0 Å². The zero-order chi connectivity index (χ0) is 21.3. The van der Waals surface area contributed by atoms with Gasteiger partial charge < -0.3 is 24.2 Å². The molecule has 30 heavy (non-hydrogen) atoms. The molecule has 10 heteroatoms. The third-order valence-corrected chi connectivity index (χ3v) is 5.82. The van der Waals surface area contributed by atoms with Crippen LogP contribution in [0, 0.1) is 11.7 Å². The van der Waals surface area contributed by atoms with Gasteiger partial charge in [0.05, 0.1) is 24.5 Å². The van der Waals surface area contributed by atoms with Crippen LogP contribution in [0.4, 0.5) is 25.4 Å². The Hall–Kier alpha value is -2.59. The van der Waals surface area contributed by atoms with Crippen LogP contribution in [-0.4, -0.2) is 86.9 Å². The van der Waals surface area contributed by atoms with Crippen molar-refractivity contribution in [1.29, 1.82) is 0 Å². The quantitative estimate of drug-likeness (QED) is 0.712. The minimum absolute atomic E-state index is 0.133. The Morgan fingerprint density at radius 1 is 1.17 bits per heavy atom. The molecule has 3 heterocycles. The number of piperazine rings is 1. The van der Waals surface area contributed by atoms with Gasteiger partial charge in [0, 0.05) is 38.6 Å². The molecule has 0 aromatic heterocycles. The number of benzene rings is 1. The second-order valence-electron chi connectivity index (χ2n) is 7.92. The molecule has 3 saturated heterocycles. The zero-order valence-corrected chi connectivity index (χ0v) is 16.8. The third-order valence-electron chi connectivity index (χ3n) is 5.82. The molecule has 0 bridgehead atoms. The molecule has 1 aromatic carbocycles. The van der Waals surface area contributed by atoms with E-state index in [1.54, 1.807) is 12.1 Å². The van der Waals surface area contributed by atoms with Crippen molar-refractivity contribution in [3.8, 4) is 0 Å². The average Bonchev–Trinajstić information content (AvgIpc) is 3.12. The smallest absolute Gasteiger partial charge is 0.441 e. The van der Waals surface area contributed by atoms with Gasteiger partial charge in [-0.15, -0.1) is 0 Å². The van der Waals surface area contributed by atoms with Crippen LogP contribution < -0.4 is 9.80 Å². The van der Waals surface area contributed by atoms with E-state index in [2.05, 4.69) is 4.90 Å². The SMILES string of the molecule is CC1COC(=O)OC1CN1CCN(c2ccc(N3C[C@H](CO)OC3=O)cc2F)CC1. The molecule has 0 radical (unpaired) electrons. The minimum Gasteiger partial charge on any atom is -0.441 e. The number of cyclic esters (lactones) is 3. The van der Waals surface area contributed by atoms with Crippen molar-refractivity contribution in [2.24, 2.45) is 5.92 Å². The van der Waals surface area contributed by atoms with Crippen LogP contribution >= 0.6 is 0 Å². The molecule has 3 atom stereocenters. The summed E-state index contributed by atoms with van der Waals surface area (Å²) in [6, 6.07) is 4.68. The van der Waals surface area contributed by atoms with E-state index in [4.69, 9.17) is 19.3 Å². The highest BCUT2D eigenvalue weighted by atomic mass is 19.1. The summed E-state index contributed by atoms with van der Waals surface area (Å²) in [6.07, 6.45) is -1.99. The molecule has 2 unspecified atom stereocenters. The fraction of sp³-hybridized carbons (Fsp3) is 0.600. The van der Waals surface area contributed by atoms with Gasteiger partial charge in [-0.2, -0.15) is 0 Å². The number of carbonyl (C=O) groups is 2. The Kier molecular flexibility index (Phi) is 5.96. The molecule has 0 saturated carbocycles. The summed E-state index contributed by atoms with van der Waals surface area (Å²) in [5, 5.41) is 9.15. The zero-order valence-electron chi connectivity index (χ0n) is 16.8. The monoisotopic (exact) mass is 423 g/mol. The van der Waals surface area contributed by atoms with E-state index in [0.717, 1.165) is 13.1 Å². The summed E-state index contributed by atoms with van der Waals surface area (Å²) >= 11 is 0. The lowest BCUT2D eigenvalue weighted by molar-refractivity contribution is -0.0643. The second kappa shape index (κ2) is 8.65. The minimum atomic E-state index is -0.619. The van der Waals surface area contributed by atoms with Crippen molar-refractivity contribution in [1.82, 2.24) is 4.90 Å². The molecule has 164 valence electrons. The van der Waals surface area contributed by atoms with Crippen molar-refractivity contribution in [2.45, 2.75) is 19.1 Å². The Labute approximate surface area is 173 Å². The lowest BCUT2D eigenvalue weighted by atomic mass is 10.0. The maximum atomic E-state index is 14.8. The van der Waals surface area contributed by atoms with Gasteiger partial charge in [0.25, 0.3) is 0 Å². The molecule has 3 fully saturated rings. The van der Waals surface area contributed by atoms with Gasteiger partial charge in [-0.25, -0.2) is 14.0 Å². The highest BCUT2D eigenvalue weighted by Crippen LogP contribution is 2.28. The summed E-state index contributed by atoms with van der Waals surface area (Å²) in [5.74, 6) is -0.276. The van der Waals surface area contributed by atoms with E-state index in [1.807, 2.05) is 11.8 Å². The Morgan fingerprint density at radius 2 is 1.93 bits per heavy atom. The highest BCUT2D eigenvalue weighted by Gasteiger charge is 2.33. The van der Waals surface area contributed by atoms with E-state index in [-0.39, 0.29) is 25.2 Å². The summed E-state index contributed by atoms with van der Waals surface area (Å²) in [7, 11) is 0. The van der Waals surface area contributed by atoms with Crippen molar-refractivity contribution in [3.63, 3.8) is 0 Å². The maximum Gasteiger partial charge on any atom is 0.508 e. The first-order valence-corrected chi connectivity index (χ1v) is 10.1. The van der Waals surface area contributed by atoms with E-state index < -0.39 is 24.2 Å².